The van der Waals surface area contributed by atoms with Crippen LogP contribution < -0.4 is 15.4 Å². The second-order valence-electron chi connectivity index (χ2n) is 5.24. The average molecular weight is 384 g/mol. The molecular weight excluding hydrogens is 360 g/mol. The van der Waals surface area contributed by atoms with Gasteiger partial charge in [-0.3, -0.25) is 4.79 Å². The molecule has 0 heterocycles. The zero-order valence-corrected chi connectivity index (χ0v) is 15.9. The SMILES string of the molecule is CCOC(=O)OC(C)(Nc1cc(NC(C)=O)ccc1OC)OC(=O)OCC. The van der Waals surface area contributed by atoms with Gasteiger partial charge in [0.15, 0.2) is 0 Å². The molecule has 0 aliphatic heterocycles. The van der Waals surface area contributed by atoms with Gasteiger partial charge in [-0.1, -0.05) is 0 Å². The van der Waals surface area contributed by atoms with Crippen molar-refractivity contribution in [2.75, 3.05) is 31.0 Å². The molecule has 0 atom stereocenters. The Morgan fingerprint density at radius 1 is 1.04 bits per heavy atom. The maximum absolute atomic E-state index is 11.8. The Kier molecular flexibility index (Phi) is 8.18. The molecule has 10 heteroatoms. The first-order chi connectivity index (χ1) is 12.7. The lowest BCUT2D eigenvalue weighted by Gasteiger charge is -2.30. The van der Waals surface area contributed by atoms with Crippen molar-refractivity contribution in [2.45, 2.75) is 33.6 Å². The van der Waals surface area contributed by atoms with Crippen molar-refractivity contribution < 1.29 is 38.1 Å². The van der Waals surface area contributed by atoms with E-state index < -0.39 is 18.2 Å². The third kappa shape index (κ3) is 7.30. The van der Waals surface area contributed by atoms with Gasteiger partial charge in [-0.15, -0.1) is 0 Å². The van der Waals surface area contributed by atoms with E-state index in [1.807, 2.05) is 0 Å². The van der Waals surface area contributed by atoms with E-state index in [0.29, 0.717) is 11.4 Å². The highest BCUT2D eigenvalue weighted by Gasteiger charge is 2.36. The van der Waals surface area contributed by atoms with Gasteiger partial charge in [0.2, 0.25) is 5.91 Å². The Morgan fingerprint density at radius 2 is 1.59 bits per heavy atom. The van der Waals surface area contributed by atoms with Crippen LogP contribution in [0, 0.1) is 0 Å². The van der Waals surface area contributed by atoms with Crippen molar-refractivity contribution in [3.05, 3.63) is 18.2 Å². The Bertz CT molecular complexity index is 657. The molecule has 0 aromatic heterocycles. The molecule has 0 aliphatic carbocycles. The second kappa shape index (κ2) is 10.1. The van der Waals surface area contributed by atoms with Gasteiger partial charge >= 0.3 is 18.2 Å². The molecule has 27 heavy (non-hydrogen) atoms. The van der Waals surface area contributed by atoms with Crippen molar-refractivity contribution in [1.82, 2.24) is 0 Å². The number of hydrogen-bond acceptors (Lipinski definition) is 9. The molecule has 1 aromatic rings. The fourth-order valence-electron chi connectivity index (χ4n) is 2.02. The van der Waals surface area contributed by atoms with Crippen LogP contribution in [0.3, 0.4) is 0 Å². The molecule has 0 bridgehead atoms. The summed E-state index contributed by atoms with van der Waals surface area (Å²) < 4.78 is 24.9. The summed E-state index contributed by atoms with van der Waals surface area (Å²) in [4.78, 5) is 34.8. The second-order valence-corrected chi connectivity index (χ2v) is 5.24. The van der Waals surface area contributed by atoms with E-state index in [1.54, 1.807) is 26.0 Å². The number of ether oxygens (including phenoxy) is 5. The number of rotatable bonds is 8. The van der Waals surface area contributed by atoms with E-state index in [4.69, 9.17) is 23.7 Å². The highest BCUT2D eigenvalue weighted by Crippen LogP contribution is 2.31. The highest BCUT2D eigenvalue weighted by molar-refractivity contribution is 5.89. The van der Waals surface area contributed by atoms with E-state index in [-0.39, 0.29) is 24.8 Å². The molecule has 1 rings (SSSR count). The topological polar surface area (TPSA) is 121 Å². The maximum atomic E-state index is 11.8. The van der Waals surface area contributed by atoms with Gasteiger partial charge in [0.05, 0.1) is 26.0 Å². The Labute approximate surface area is 157 Å². The molecule has 0 aliphatic rings. The molecule has 0 radical (unpaired) electrons. The van der Waals surface area contributed by atoms with Crippen LogP contribution in [-0.2, 0) is 23.7 Å². The zero-order chi connectivity index (χ0) is 20.4. The fraction of sp³-hybridized carbons (Fsp3) is 0.471. The van der Waals surface area contributed by atoms with Crippen molar-refractivity contribution in [3.8, 4) is 5.75 Å². The van der Waals surface area contributed by atoms with Crippen molar-refractivity contribution in [3.63, 3.8) is 0 Å². The first-order valence-electron chi connectivity index (χ1n) is 8.18. The number of hydrogen-bond donors (Lipinski definition) is 2. The lowest BCUT2D eigenvalue weighted by atomic mass is 10.2. The third-order valence-electron chi connectivity index (χ3n) is 2.96. The number of carbonyl (C=O) groups is 3. The molecule has 0 unspecified atom stereocenters. The highest BCUT2D eigenvalue weighted by atomic mass is 16.9. The van der Waals surface area contributed by atoms with E-state index in [1.165, 1.54) is 27.0 Å². The largest absolute Gasteiger partial charge is 0.512 e. The minimum atomic E-state index is -1.97. The van der Waals surface area contributed by atoms with Crippen LogP contribution >= 0.6 is 0 Å². The van der Waals surface area contributed by atoms with Crippen LogP contribution in [0.25, 0.3) is 0 Å². The summed E-state index contributed by atoms with van der Waals surface area (Å²) in [5.41, 5.74) is 0.722. The van der Waals surface area contributed by atoms with Crippen LogP contribution in [0.15, 0.2) is 18.2 Å². The summed E-state index contributed by atoms with van der Waals surface area (Å²) >= 11 is 0. The molecule has 1 aromatic carbocycles. The summed E-state index contributed by atoms with van der Waals surface area (Å²) in [6.07, 6.45) is -2.12. The van der Waals surface area contributed by atoms with Gasteiger partial charge in [0.1, 0.15) is 5.75 Å². The van der Waals surface area contributed by atoms with Crippen molar-refractivity contribution >= 4 is 29.6 Å². The van der Waals surface area contributed by atoms with Crippen LogP contribution in [0.5, 0.6) is 5.75 Å². The normalized spacial score (nSPS) is 10.4. The lowest BCUT2D eigenvalue weighted by molar-refractivity contribution is -0.158. The summed E-state index contributed by atoms with van der Waals surface area (Å²) in [5.74, 6) is -1.91. The Hall–Kier alpha value is -3.17. The van der Waals surface area contributed by atoms with Gasteiger partial charge < -0.3 is 34.3 Å². The first kappa shape index (κ1) is 21.9. The quantitative estimate of drug-likeness (QED) is 0.514. The van der Waals surface area contributed by atoms with Crippen molar-refractivity contribution in [2.24, 2.45) is 0 Å². The summed E-state index contributed by atoms with van der Waals surface area (Å²) in [5, 5.41) is 5.35. The smallest absolute Gasteiger partial charge is 0.495 e. The van der Waals surface area contributed by atoms with Gasteiger partial charge in [0, 0.05) is 19.5 Å². The summed E-state index contributed by atoms with van der Waals surface area (Å²) in [6, 6.07) is 4.70. The molecule has 0 spiro atoms. The molecule has 10 nitrogen and oxygen atoms in total. The van der Waals surface area contributed by atoms with E-state index in [9.17, 15) is 14.4 Å². The van der Waals surface area contributed by atoms with Crippen molar-refractivity contribution in [1.29, 1.82) is 0 Å². The predicted molar refractivity (Wildman–Crippen MR) is 95.5 cm³/mol. The molecule has 1 amide bonds. The Balaban J connectivity index is 3.16. The maximum Gasteiger partial charge on any atom is 0.512 e. The first-order valence-corrected chi connectivity index (χ1v) is 8.18. The Morgan fingerprint density at radius 3 is 2.04 bits per heavy atom. The monoisotopic (exact) mass is 384 g/mol. The zero-order valence-electron chi connectivity index (χ0n) is 15.9. The van der Waals surface area contributed by atoms with Gasteiger partial charge in [-0.25, -0.2) is 9.59 Å². The fourth-order valence-corrected chi connectivity index (χ4v) is 2.02. The minimum Gasteiger partial charge on any atom is -0.495 e. The van der Waals surface area contributed by atoms with E-state index in [0.717, 1.165) is 0 Å². The average Bonchev–Trinajstić information content (AvgIpc) is 2.54. The molecule has 150 valence electrons. The van der Waals surface area contributed by atoms with Crippen LogP contribution in [0.2, 0.25) is 0 Å². The number of anilines is 2. The number of nitrogens with one attached hydrogen (secondary N) is 2. The molecule has 0 saturated carbocycles. The number of amides is 1. The third-order valence-corrected chi connectivity index (χ3v) is 2.96. The number of benzene rings is 1. The van der Waals surface area contributed by atoms with E-state index >= 15 is 0 Å². The predicted octanol–water partition coefficient (Wildman–Crippen LogP) is 3.09. The van der Waals surface area contributed by atoms with Gasteiger partial charge in [0.25, 0.3) is 0 Å². The lowest BCUT2D eigenvalue weighted by Crippen LogP contribution is -2.44. The van der Waals surface area contributed by atoms with Gasteiger partial charge in [-0.2, -0.15) is 0 Å². The van der Waals surface area contributed by atoms with E-state index in [2.05, 4.69) is 10.6 Å². The minimum absolute atomic E-state index is 0.0651. The van der Waals surface area contributed by atoms with Crippen LogP contribution in [-0.4, -0.2) is 44.5 Å². The summed E-state index contributed by atoms with van der Waals surface area (Å²) in [7, 11) is 1.42. The number of carbonyl (C=O) groups excluding carboxylic acids is 3. The molecule has 0 fully saturated rings. The van der Waals surface area contributed by atoms with Crippen LogP contribution in [0.4, 0.5) is 21.0 Å². The molecule has 0 saturated heterocycles. The summed E-state index contributed by atoms with van der Waals surface area (Å²) in [6.45, 7) is 5.96. The van der Waals surface area contributed by atoms with Crippen LogP contribution in [0.1, 0.15) is 27.7 Å². The van der Waals surface area contributed by atoms with Gasteiger partial charge in [-0.05, 0) is 32.0 Å². The molecular formula is C17H24N2O8. The number of methoxy groups -OCH3 is 1. The standard InChI is InChI=1S/C17H24N2O8/c1-6-24-15(21)26-17(4,27-16(22)25-7-2)19-13-10-12(18-11(3)20)8-9-14(13)23-5/h8-10,19H,6-7H2,1-5H3,(H,18,20). The molecule has 2 N–H and O–H groups in total.